The summed E-state index contributed by atoms with van der Waals surface area (Å²) < 4.78 is 0. The molecule has 82 valence electrons. The smallest absolute Gasteiger partial charge is 0.189 e. The number of allylic oxidation sites excluding steroid dienone is 2. The standard InChI is InChI=1S/C14H14O2/c1-9(2)7-10-8-13(15)11-5-3-4-6-12(11)14(10)16/h3-6,8-9H,7H2,1-2H3. The van der Waals surface area contributed by atoms with Crippen LogP contribution in [0.15, 0.2) is 35.9 Å². The second-order valence-corrected chi connectivity index (χ2v) is 4.51. The van der Waals surface area contributed by atoms with E-state index in [0.29, 0.717) is 29.0 Å². The highest BCUT2D eigenvalue weighted by Crippen LogP contribution is 2.24. The lowest BCUT2D eigenvalue weighted by Crippen LogP contribution is -2.17. The second-order valence-electron chi connectivity index (χ2n) is 4.51. The average molecular weight is 214 g/mol. The molecule has 0 unspecified atom stereocenters. The zero-order valence-electron chi connectivity index (χ0n) is 9.49. The Balaban J connectivity index is 2.43. The van der Waals surface area contributed by atoms with Gasteiger partial charge in [-0.3, -0.25) is 9.59 Å². The van der Waals surface area contributed by atoms with Crippen LogP contribution < -0.4 is 0 Å². The van der Waals surface area contributed by atoms with Crippen LogP contribution in [-0.4, -0.2) is 11.6 Å². The Morgan fingerprint density at radius 1 is 1.06 bits per heavy atom. The predicted octanol–water partition coefficient (Wildman–Crippen LogP) is 3.04. The molecule has 0 heterocycles. The van der Waals surface area contributed by atoms with Crippen molar-refractivity contribution < 1.29 is 9.59 Å². The molecule has 2 heteroatoms. The van der Waals surface area contributed by atoms with E-state index in [1.54, 1.807) is 24.3 Å². The number of benzene rings is 1. The van der Waals surface area contributed by atoms with Gasteiger partial charge in [0.2, 0.25) is 0 Å². The number of hydrogen-bond donors (Lipinski definition) is 0. The Bertz CT molecular complexity index is 481. The molecule has 1 aromatic rings. The number of carbonyl (C=O) groups is 2. The Morgan fingerprint density at radius 2 is 1.69 bits per heavy atom. The molecule has 0 saturated heterocycles. The normalized spacial score (nSPS) is 15.1. The molecular formula is C14H14O2. The molecule has 0 atom stereocenters. The lowest BCUT2D eigenvalue weighted by Gasteiger charge is -2.15. The highest BCUT2D eigenvalue weighted by Gasteiger charge is 2.24. The van der Waals surface area contributed by atoms with Gasteiger partial charge in [0, 0.05) is 16.7 Å². The Kier molecular flexibility index (Phi) is 2.73. The maximum absolute atomic E-state index is 12.1. The van der Waals surface area contributed by atoms with Crippen LogP contribution in [0.3, 0.4) is 0 Å². The molecule has 0 N–H and O–H groups in total. The van der Waals surface area contributed by atoms with Gasteiger partial charge in [0.25, 0.3) is 0 Å². The van der Waals surface area contributed by atoms with Crippen LogP contribution >= 0.6 is 0 Å². The summed E-state index contributed by atoms with van der Waals surface area (Å²) in [5.41, 5.74) is 1.71. The number of Topliss-reactive ketones (excluding diaryl/α,β-unsaturated/α-hetero) is 1. The predicted molar refractivity (Wildman–Crippen MR) is 62.6 cm³/mol. The van der Waals surface area contributed by atoms with Gasteiger partial charge in [-0.15, -0.1) is 0 Å². The summed E-state index contributed by atoms with van der Waals surface area (Å²) in [5, 5.41) is 0. The molecule has 16 heavy (non-hydrogen) atoms. The number of rotatable bonds is 2. The van der Waals surface area contributed by atoms with Gasteiger partial charge in [-0.1, -0.05) is 38.1 Å². The maximum Gasteiger partial charge on any atom is 0.189 e. The van der Waals surface area contributed by atoms with Gasteiger partial charge in [0.1, 0.15) is 0 Å². The highest BCUT2D eigenvalue weighted by atomic mass is 16.1. The molecule has 0 radical (unpaired) electrons. The monoisotopic (exact) mass is 214 g/mol. The minimum Gasteiger partial charge on any atom is -0.289 e. The molecule has 0 saturated carbocycles. The van der Waals surface area contributed by atoms with Gasteiger partial charge in [-0.25, -0.2) is 0 Å². The van der Waals surface area contributed by atoms with E-state index in [2.05, 4.69) is 0 Å². The lowest BCUT2D eigenvalue weighted by molar-refractivity contribution is 0.0980. The van der Waals surface area contributed by atoms with Crippen LogP contribution in [0.5, 0.6) is 0 Å². The van der Waals surface area contributed by atoms with E-state index < -0.39 is 0 Å². The summed E-state index contributed by atoms with van der Waals surface area (Å²) in [6.07, 6.45) is 2.16. The van der Waals surface area contributed by atoms with Gasteiger partial charge in [0.15, 0.2) is 11.6 Å². The minimum atomic E-state index is -0.0501. The largest absolute Gasteiger partial charge is 0.289 e. The first-order valence-electron chi connectivity index (χ1n) is 5.48. The molecule has 0 fully saturated rings. The van der Waals surface area contributed by atoms with E-state index in [4.69, 9.17) is 0 Å². The van der Waals surface area contributed by atoms with E-state index in [1.165, 1.54) is 6.08 Å². The van der Waals surface area contributed by atoms with Crippen LogP contribution in [-0.2, 0) is 0 Å². The summed E-state index contributed by atoms with van der Waals surface area (Å²) in [6.45, 7) is 4.08. The van der Waals surface area contributed by atoms with Gasteiger partial charge in [-0.2, -0.15) is 0 Å². The van der Waals surface area contributed by atoms with Crippen molar-refractivity contribution in [2.45, 2.75) is 20.3 Å². The number of ketones is 2. The SMILES string of the molecule is CC(C)CC1=CC(=O)c2ccccc2C1=O. The third-order valence-corrected chi connectivity index (χ3v) is 2.66. The molecule has 0 aromatic heterocycles. The lowest BCUT2D eigenvalue weighted by atomic mass is 9.86. The fraction of sp³-hybridized carbons (Fsp3) is 0.286. The highest BCUT2D eigenvalue weighted by molar-refractivity contribution is 6.24. The van der Waals surface area contributed by atoms with Crippen molar-refractivity contribution in [1.29, 1.82) is 0 Å². The molecule has 1 aliphatic rings. The van der Waals surface area contributed by atoms with Crippen molar-refractivity contribution in [3.8, 4) is 0 Å². The number of hydrogen-bond acceptors (Lipinski definition) is 2. The summed E-state index contributed by atoms with van der Waals surface area (Å²) in [6, 6.07) is 7.01. The summed E-state index contributed by atoms with van der Waals surface area (Å²) in [5.74, 6) is 0.336. The van der Waals surface area contributed by atoms with Crippen LogP contribution in [0.25, 0.3) is 0 Å². The van der Waals surface area contributed by atoms with Crippen molar-refractivity contribution in [2.75, 3.05) is 0 Å². The second kappa shape index (κ2) is 4.05. The van der Waals surface area contributed by atoms with Gasteiger partial charge < -0.3 is 0 Å². The van der Waals surface area contributed by atoms with Crippen LogP contribution in [0.2, 0.25) is 0 Å². The first kappa shape index (κ1) is 10.8. The fourth-order valence-corrected chi connectivity index (χ4v) is 1.96. The molecule has 2 nitrogen and oxygen atoms in total. The zero-order valence-corrected chi connectivity index (χ0v) is 9.49. The molecule has 0 spiro atoms. The van der Waals surface area contributed by atoms with Gasteiger partial charge in [-0.05, 0) is 18.4 Å². The van der Waals surface area contributed by atoms with Crippen molar-refractivity contribution in [2.24, 2.45) is 5.92 Å². The molecule has 0 amide bonds. The van der Waals surface area contributed by atoms with E-state index in [-0.39, 0.29) is 11.6 Å². The third-order valence-electron chi connectivity index (χ3n) is 2.66. The molecule has 0 aliphatic heterocycles. The summed E-state index contributed by atoms with van der Waals surface area (Å²) in [7, 11) is 0. The maximum atomic E-state index is 12.1. The third kappa shape index (κ3) is 1.83. The minimum absolute atomic E-state index is 0.00361. The number of carbonyl (C=O) groups excluding carboxylic acids is 2. The quantitative estimate of drug-likeness (QED) is 0.758. The Labute approximate surface area is 95.0 Å². The first-order chi connectivity index (χ1) is 7.59. The van der Waals surface area contributed by atoms with Crippen LogP contribution in [0.1, 0.15) is 41.0 Å². The van der Waals surface area contributed by atoms with E-state index >= 15 is 0 Å². The number of fused-ring (bicyclic) bond motifs is 1. The van der Waals surface area contributed by atoms with Crippen molar-refractivity contribution in [3.05, 3.63) is 47.0 Å². The fourth-order valence-electron chi connectivity index (χ4n) is 1.96. The topological polar surface area (TPSA) is 34.1 Å². The van der Waals surface area contributed by atoms with Crippen molar-refractivity contribution in [3.63, 3.8) is 0 Å². The summed E-state index contributed by atoms with van der Waals surface area (Å²) in [4.78, 5) is 23.9. The van der Waals surface area contributed by atoms with Crippen LogP contribution in [0, 0.1) is 5.92 Å². The van der Waals surface area contributed by atoms with Gasteiger partial charge in [0.05, 0.1) is 0 Å². The van der Waals surface area contributed by atoms with Crippen LogP contribution in [0.4, 0.5) is 0 Å². The van der Waals surface area contributed by atoms with E-state index in [9.17, 15) is 9.59 Å². The van der Waals surface area contributed by atoms with E-state index in [0.717, 1.165) is 0 Å². The molecule has 0 bridgehead atoms. The van der Waals surface area contributed by atoms with E-state index in [1.807, 2.05) is 13.8 Å². The van der Waals surface area contributed by atoms with Crippen molar-refractivity contribution in [1.82, 2.24) is 0 Å². The summed E-state index contributed by atoms with van der Waals surface area (Å²) >= 11 is 0. The van der Waals surface area contributed by atoms with Crippen molar-refractivity contribution >= 4 is 11.6 Å². The van der Waals surface area contributed by atoms with Gasteiger partial charge >= 0.3 is 0 Å². The molecular weight excluding hydrogens is 200 g/mol. The Morgan fingerprint density at radius 3 is 2.31 bits per heavy atom. The first-order valence-corrected chi connectivity index (χ1v) is 5.48. The Hall–Kier alpha value is -1.70. The average Bonchev–Trinajstić information content (AvgIpc) is 2.25. The molecule has 1 aromatic carbocycles. The zero-order chi connectivity index (χ0) is 11.7. The molecule has 1 aliphatic carbocycles. The molecule has 2 rings (SSSR count).